The van der Waals surface area contributed by atoms with Crippen LogP contribution >= 0.6 is 0 Å². The van der Waals surface area contributed by atoms with Crippen molar-refractivity contribution in [1.82, 2.24) is 0 Å². The average Bonchev–Trinajstić information content (AvgIpc) is 3.18. The molecule has 0 unspecified atom stereocenters. The maximum absolute atomic E-state index is 11.3. The number of fused-ring (bicyclic) bond motifs is 7. The van der Waals surface area contributed by atoms with Crippen LogP contribution in [0.15, 0.2) is 0 Å². The van der Waals surface area contributed by atoms with E-state index >= 15 is 0 Å². The van der Waals surface area contributed by atoms with Crippen molar-refractivity contribution >= 4 is 0 Å². The maximum atomic E-state index is 11.3. The van der Waals surface area contributed by atoms with Crippen molar-refractivity contribution < 1.29 is 24.8 Å². The van der Waals surface area contributed by atoms with Gasteiger partial charge in [0.2, 0.25) is 0 Å². The summed E-state index contributed by atoms with van der Waals surface area (Å²) >= 11 is 0. The Balaban J connectivity index is 1.28. The summed E-state index contributed by atoms with van der Waals surface area (Å²) < 4.78 is 13.3. The first kappa shape index (κ1) is 22.3. The molecule has 0 aromatic heterocycles. The van der Waals surface area contributed by atoms with Crippen LogP contribution in [0.3, 0.4) is 0 Å². The van der Waals surface area contributed by atoms with Crippen LogP contribution in [0.1, 0.15) is 79.1 Å². The summed E-state index contributed by atoms with van der Waals surface area (Å²) in [5.41, 5.74) is 0.146. The topological polar surface area (TPSA) is 79.2 Å². The first-order valence-electron chi connectivity index (χ1n) is 13.4. The highest BCUT2D eigenvalue weighted by molar-refractivity contribution is 5.16. The normalized spacial score (nSPS) is 64.0. The number of aliphatic hydroxyl groups excluding tert-OH is 3. The molecule has 32 heavy (non-hydrogen) atoms. The standard InChI is InChI=1S/C27H44O5/c1-14-5-8-27(31-13-14)15(2)24-23(32-27)11-18-16-9-20(28)19-10-21(29)22(30)12-26(19,4)17(16)6-7-25(18,24)3/h14-24,28-30H,5-13H2,1-4H3/t14-,15-,16+,17-,18+,19+,20+,21+,22+,23-,24-,25-,26+,27+/m0/s1. The van der Waals surface area contributed by atoms with Gasteiger partial charge in [-0.2, -0.15) is 0 Å². The van der Waals surface area contributed by atoms with Gasteiger partial charge >= 0.3 is 0 Å². The van der Waals surface area contributed by atoms with E-state index in [1.54, 1.807) is 0 Å². The van der Waals surface area contributed by atoms with Gasteiger partial charge in [-0.3, -0.25) is 0 Å². The summed E-state index contributed by atoms with van der Waals surface area (Å²) in [6, 6.07) is 0. The molecule has 6 aliphatic rings. The summed E-state index contributed by atoms with van der Waals surface area (Å²) in [7, 11) is 0. The summed E-state index contributed by atoms with van der Waals surface area (Å²) in [4.78, 5) is 0. The van der Waals surface area contributed by atoms with Crippen molar-refractivity contribution in [3.63, 3.8) is 0 Å². The molecule has 0 aromatic rings. The van der Waals surface area contributed by atoms with E-state index in [0.29, 0.717) is 48.3 Å². The molecule has 1 spiro atoms. The molecule has 2 saturated heterocycles. The van der Waals surface area contributed by atoms with E-state index in [4.69, 9.17) is 9.47 Å². The fourth-order valence-electron chi connectivity index (χ4n) is 10.3. The van der Waals surface area contributed by atoms with Crippen LogP contribution in [0.5, 0.6) is 0 Å². The van der Waals surface area contributed by atoms with Crippen molar-refractivity contribution in [2.45, 2.75) is 109 Å². The van der Waals surface area contributed by atoms with Crippen molar-refractivity contribution in [2.75, 3.05) is 6.61 Å². The Kier molecular flexibility index (Phi) is 4.99. The van der Waals surface area contributed by atoms with E-state index in [9.17, 15) is 15.3 Å². The minimum absolute atomic E-state index is 0.0870. The summed E-state index contributed by atoms with van der Waals surface area (Å²) in [5, 5.41) is 32.1. The minimum Gasteiger partial charge on any atom is -0.393 e. The molecule has 4 saturated carbocycles. The third-order valence-electron chi connectivity index (χ3n) is 12.0. The van der Waals surface area contributed by atoms with Crippen molar-refractivity contribution in [3.8, 4) is 0 Å². The fraction of sp³-hybridized carbons (Fsp3) is 1.00. The fourth-order valence-corrected chi connectivity index (χ4v) is 10.3. The van der Waals surface area contributed by atoms with Gasteiger partial charge in [0.25, 0.3) is 0 Å². The minimum atomic E-state index is -0.692. The van der Waals surface area contributed by atoms with Gasteiger partial charge in [-0.25, -0.2) is 0 Å². The maximum Gasteiger partial charge on any atom is 0.171 e. The van der Waals surface area contributed by atoms with Gasteiger partial charge in [0.05, 0.1) is 31.0 Å². The highest BCUT2D eigenvalue weighted by Gasteiger charge is 2.70. The zero-order valence-electron chi connectivity index (χ0n) is 20.4. The predicted molar refractivity (Wildman–Crippen MR) is 121 cm³/mol. The second-order valence-corrected chi connectivity index (χ2v) is 13.4. The lowest BCUT2D eigenvalue weighted by molar-refractivity contribution is -0.273. The molecule has 0 bridgehead atoms. The molecule has 2 aliphatic heterocycles. The lowest BCUT2D eigenvalue weighted by Crippen LogP contribution is -2.61. The largest absolute Gasteiger partial charge is 0.393 e. The average molecular weight is 449 g/mol. The Morgan fingerprint density at radius 1 is 0.781 bits per heavy atom. The van der Waals surface area contributed by atoms with Crippen LogP contribution in [-0.2, 0) is 9.47 Å². The van der Waals surface area contributed by atoms with E-state index in [1.165, 1.54) is 19.3 Å². The molecule has 182 valence electrons. The van der Waals surface area contributed by atoms with Gasteiger partial charge < -0.3 is 24.8 Å². The smallest absolute Gasteiger partial charge is 0.171 e. The second-order valence-electron chi connectivity index (χ2n) is 13.4. The highest BCUT2D eigenvalue weighted by Crippen LogP contribution is 2.71. The number of hydrogen-bond donors (Lipinski definition) is 3. The summed E-state index contributed by atoms with van der Waals surface area (Å²) in [5.74, 6) is 2.86. The Labute approximate surface area is 193 Å². The second kappa shape index (κ2) is 7.16. The Bertz CT molecular complexity index is 748. The number of ether oxygens (including phenoxy) is 2. The molecular formula is C27H44O5. The number of rotatable bonds is 0. The van der Waals surface area contributed by atoms with Gasteiger partial charge in [-0.05, 0) is 91.3 Å². The third kappa shape index (κ3) is 2.81. The molecule has 4 aliphatic carbocycles. The Hall–Kier alpha value is -0.200. The quantitative estimate of drug-likeness (QED) is 0.526. The van der Waals surface area contributed by atoms with E-state index in [2.05, 4.69) is 27.7 Å². The monoisotopic (exact) mass is 448 g/mol. The first-order valence-corrected chi connectivity index (χ1v) is 13.4. The number of aliphatic hydroxyl groups is 3. The van der Waals surface area contributed by atoms with Crippen molar-refractivity contribution in [2.24, 2.45) is 52.3 Å². The molecule has 6 fully saturated rings. The van der Waals surface area contributed by atoms with E-state index < -0.39 is 12.2 Å². The van der Waals surface area contributed by atoms with Crippen LogP contribution < -0.4 is 0 Å². The van der Waals surface area contributed by atoms with Gasteiger partial charge in [0.15, 0.2) is 5.79 Å². The lowest BCUT2D eigenvalue weighted by Gasteiger charge is -2.62. The van der Waals surface area contributed by atoms with Gasteiger partial charge in [-0.1, -0.05) is 27.7 Å². The number of hydrogen-bond acceptors (Lipinski definition) is 5. The van der Waals surface area contributed by atoms with Crippen LogP contribution in [0, 0.1) is 52.3 Å². The van der Waals surface area contributed by atoms with E-state index in [-0.39, 0.29) is 34.7 Å². The molecule has 5 heteroatoms. The molecule has 0 aromatic carbocycles. The Morgan fingerprint density at radius 3 is 2.28 bits per heavy atom. The molecule has 3 N–H and O–H groups in total. The highest BCUT2D eigenvalue weighted by atomic mass is 16.7. The van der Waals surface area contributed by atoms with Crippen molar-refractivity contribution in [3.05, 3.63) is 0 Å². The molecule has 0 radical (unpaired) electrons. The molecule has 0 amide bonds. The lowest BCUT2D eigenvalue weighted by atomic mass is 9.43. The van der Waals surface area contributed by atoms with Crippen LogP contribution in [-0.4, -0.2) is 52.1 Å². The molecular weight excluding hydrogens is 404 g/mol. The summed E-state index contributed by atoms with van der Waals surface area (Å²) in [6.45, 7) is 10.3. The van der Waals surface area contributed by atoms with Crippen LogP contribution in [0.4, 0.5) is 0 Å². The van der Waals surface area contributed by atoms with Crippen LogP contribution in [0.2, 0.25) is 0 Å². The SMILES string of the molecule is C[C@H]1CC[C@@]2(OC1)O[C@H]1C[C@@H]3[C@@H]4C[C@@H](O)[C@H]5C[C@@H](O)[C@H](O)C[C@]5(C)[C@H]4CC[C@]3(C)[C@H]1[C@@H]2C. The molecule has 14 atom stereocenters. The molecule has 5 nitrogen and oxygen atoms in total. The zero-order chi connectivity index (χ0) is 22.6. The van der Waals surface area contributed by atoms with Gasteiger partial charge in [0, 0.05) is 12.3 Å². The van der Waals surface area contributed by atoms with E-state index in [0.717, 1.165) is 25.9 Å². The van der Waals surface area contributed by atoms with E-state index in [1.807, 2.05) is 0 Å². The third-order valence-corrected chi connectivity index (χ3v) is 12.0. The zero-order valence-corrected chi connectivity index (χ0v) is 20.4. The van der Waals surface area contributed by atoms with Crippen molar-refractivity contribution in [1.29, 1.82) is 0 Å². The Morgan fingerprint density at radius 2 is 1.56 bits per heavy atom. The van der Waals surface area contributed by atoms with Gasteiger partial charge in [0.1, 0.15) is 0 Å². The van der Waals surface area contributed by atoms with Crippen LogP contribution in [0.25, 0.3) is 0 Å². The summed E-state index contributed by atoms with van der Waals surface area (Å²) in [6.07, 6.45) is 6.22. The molecule has 6 rings (SSSR count). The predicted octanol–water partition coefficient (Wildman–Crippen LogP) is 3.74. The molecule has 2 heterocycles. The first-order chi connectivity index (χ1) is 15.1. The van der Waals surface area contributed by atoms with Gasteiger partial charge in [-0.15, -0.1) is 0 Å².